The normalized spacial score (nSPS) is 11.3. The largest absolute Gasteiger partial charge is 0.461 e. The molecule has 22 heavy (non-hydrogen) atoms. The van der Waals surface area contributed by atoms with Gasteiger partial charge in [-0.1, -0.05) is 29.3 Å². The van der Waals surface area contributed by atoms with E-state index in [-0.39, 0.29) is 12.3 Å². The fraction of sp³-hybridized carbons (Fsp3) is 0.154. The third kappa shape index (κ3) is 3.88. The van der Waals surface area contributed by atoms with Gasteiger partial charge in [-0.3, -0.25) is 5.43 Å². The monoisotopic (exact) mass is 358 g/mol. The Balaban J connectivity index is 2.34. The summed E-state index contributed by atoms with van der Waals surface area (Å²) in [6, 6.07) is 5.00. The number of para-hydroxylation sites is 1. The number of nitrogens with two attached hydrogens (primary N) is 1. The predicted octanol–water partition coefficient (Wildman–Crippen LogP) is 3.41. The summed E-state index contributed by atoms with van der Waals surface area (Å²) in [5.74, 6) is -0.622. The van der Waals surface area contributed by atoms with E-state index in [0.29, 0.717) is 26.6 Å². The molecule has 0 aliphatic rings. The van der Waals surface area contributed by atoms with Crippen molar-refractivity contribution in [3.05, 3.63) is 39.3 Å². The first kappa shape index (κ1) is 16.5. The van der Waals surface area contributed by atoms with Crippen molar-refractivity contribution in [2.45, 2.75) is 6.92 Å². The zero-order valence-electron chi connectivity index (χ0n) is 11.5. The van der Waals surface area contributed by atoms with E-state index in [1.165, 1.54) is 11.3 Å². The van der Waals surface area contributed by atoms with Crippen LogP contribution in [0.25, 0.3) is 0 Å². The van der Waals surface area contributed by atoms with Crippen LogP contribution in [0.15, 0.2) is 28.7 Å². The van der Waals surface area contributed by atoms with Gasteiger partial charge in [-0.15, -0.1) is 11.3 Å². The molecular formula is C13H12Cl2N4O2S. The molecule has 116 valence electrons. The number of rotatable bonds is 5. The van der Waals surface area contributed by atoms with Crippen molar-refractivity contribution in [3.8, 4) is 0 Å². The van der Waals surface area contributed by atoms with E-state index in [4.69, 9.17) is 33.7 Å². The molecule has 0 saturated heterocycles. The number of aromatic nitrogens is 1. The van der Waals surface area contributed by atoms with Crippen LogP contribution in [0.2, 0.25) is 10.0 Å². The minimum Gasteiger partial charge on any atom is -0.461 e. The minimum atomic E-state index is -0.622. The Morgan fingerprint density at radius 1 is 1.45 bits per heavy atom. The molecule has 3 N–H and O–H groups in total. The standard InChI is InChI=1S/C13H12Cl2N4O2S/c1-2-21-12(20)11(9-6-22-13(16)17-9)19-18-10-7(14)4-3-5-8(10)15/h3-6,18H,2H2,1H3,(H2,16,17)/b19-11-. The molecule has 0 aliphatic heterocycles. The highest BCUT2D eigenvalue weighted by atomic mass is 35.5. The topological polar surface area (TPSA) is 89.6 Å². The first-order valence-electron chi connectivity index (χ1n) is 6.19. The van der Waals surface area contributed by atoms with E-state index >= 15 is 0 Å². The fourth-order valence-electron chi connectivity index (χ4n) is 1.52. The Labute approximate surface area is 140 Å². The van der Waals surface area contributed by atoms with Gasteiger partial charge >= 0.3 is 5.97 Å². The zero-order valence-corrected chi connectivity index (χ0v) is 13.8. The van der Waals surface area contributed by atoms with Gasteiger partial charge in [-0.2, -0.15) is 5.10 Å². The van der Waals surface area contributed by atoms with Gasteiger partial charge in [0.25, 0.3) is 0 Å². The number of nitrogen functional groups attached to an aromatic ring is 1. The lowest BCUT2D eigenvalue weighted by molar-refractivity contribution is -0.134. The maximum atomic E-state index is 12.0. The van der Waals surface area contributed by atoms with Crippen molar-refractivity contribution >= 4 is 57.0 Å². The number of hydrazone groups is 1. The van der Waals surface area contributed by atoms with Crippen LogP contribution in [0, 0.1) is 0 Å². The van der Waals surface area contributed by atoms with Crippen LogP contribution >= 0.6 is 34.5 Å². The molecule has 6 nitrogen and oxygen atoms in total. The quantitative estimate of drug-likeness (QED) is 0.485. The number of nitrogens with zero attached hydrogens (tertiary/aromatic N) is 2. The van der Waals surface area contributed by atoms with Gasteiger partial charge < -0.3 is 10.5 Å². The average molecular weight is 359 g/mol. The van der Waals surface area contributed by atoms with Crippen LogP contribution < -0.4 is 11.2 Å². The Hall–Kier alpha value is -1.83. The predicted molar refractivity (Wildman–Crippen MR) is 89.8 cm³/mol. The number of esters is 1. The second-order valence-corrected chi connectivity index (χ2v) is 5.66. The van der Waals surface area contributed by atoms with E-state index in [0.717, 1.165) is 0 Å². The summed E-state index contributed by atoms with van der Waals surface area (Å²) in [5.41, 5.74) is 8.95. The zero-order chi connectivity index (χ0) is 16.1. The number of benzene rings is 1. The molecule has 9 heteroatoms. The highest BCUT2D eigenvalue weighted by molar-refractivity contribution is 7.13. The van der Waals surface area contributed by atoms with E-state index in [9.17, 15) is 4.79 Å². The van der Waals surface area contributed by atoms with Gasteiger partial charge in [0.2, 0.25) is 0 Å². The second-order valence-electron chi connectivity index (χ2n) is 3.96. The maximum absolute atomic E-state index is 12.0. The molecule has 1 aromatic heterocycles. The molecule has 0 saturated carbocycles. The average Bonchev–Trinajstić information content (AvgIpc) is 2.88. The van der Waals surface area contributed by atoms with E-state index < -0.39 is 5.97 Å². The number of hydrogen-bond donors (Lipinski definition) is 2. The van der Waals surface area contributed by atoms with Crippen molar-refractivity contribution < 1.29 is 9.53 Å². The summed E-state index contributed by atoms with van der Waals surface area (Å²) in [7, 11) is 0. The highest BCUT2D eigenvalue weighted by Crippen LogP contribution is 2.29. The van der Waals surface area contributed by atoms with Gasteiger partial charge in [0.15, 0.2) is 10.8 Å². The van der Waals surface area contributed by atoms with Gasteiger partial charge in [-0.25, -0.2) is 9.78 Å². The molecule has 2 rings (SSSR count). The van der Waals surface area contributed by atoms with E-state index in [1.54, 1.807) is 30.5 Å². The molecule has 0 radical (unpaired) electrons. The van der Waals surface area contributed by atoms with Crippen molar-refractivity contribution in [1.29, 1.82) is 0 Å². The third-order valence-corrected chi connectivity index (χ3v) is 3.78. The number of ether oxygens (including phenoxy) is 1. The molecule has 1 heterocycles. The lowest BCUT2D eigenvalue weighted by atomic mass is 10.3. The van der Waals surface area contributed by atoms with Gasteiger partial charge in [0, 0.05) is 5.38 Å². The van der Waals surface area contributed by atoms with Crippen LogP contribution in [0.5, 0.6) is 0 Å². The molecule has 0 amide bonds. The first-order valence-corrected chi connectivity index (χ1v) is 7.82. The summed E-state index contributed by atoms with van der Waals surface area (Å²) in [6.45, 7) is 1.91. The SMILES string of the molecule is CCOC(=O)/C(=N\Nc1c(Cl)cccc1Cl)c1csc(N)n1. The van der Waals surface area contributed by atoms with Crippen LogP contribution in [-0.4, -0.2) is 23.3 Å². The summed E-state index contributed by atoms with van der Waals surface area (Å²) >= 11 is 13.3. The van der Waals surface area contributed by atoms with Crippen LogP contribution in [0.3, 0.4) is 0 Å². The summed E-state index contributed by atoms with van der Waals surface area (Å²) < 4.78 is 4.96. The molecular weight excluding hydrogens is 347 g/mol. The lowest BCUT2D eigenvalue weighted by Crippen LogP contribution is -2.20. The number of hydrogen-bond acceptors (Lipinski definition) is 7. The van der Waals surface area contributed by atoms with Gasteiger partial charge in [0.1, 0.15) is 5.69 Å². The van der Waals surface area contributed by atoms with Crippen molar-refractivity contribution in [2.75, 3.05) is 17.8 Å². The molecule has 0 aliphatic carbocycles. The summed E-state index contributed by atoms with van der Waals surface area (Å²) in [4.78, 5) is 16.0. The van der Waals surface area contributed by atoms with Gasteiger partial charge in [-0.05, 0) is 19.1 Å². The number of halogens is 2. The Morgan fingerprint density at radius 3 is 2.68 bits per heavy atom. The van der Waals surface area contributed by atoms with Crippen LogP contribution in [0.1, 0.15) is 12.6 Å². The van der Waals surface area contributed by atoms with Crippen molar-refractivity contribution in [2.24, 2.45) is 5.10 Å². The Morgan fingerprint density at radius 2 is 2.14 bits per heavy atom. The maximum Gasteiger partial charge on any atom is 0.361 e. The molecule has 0 spiro atoms. The molecule has 0 unspecified atom stereocenters. The van der Waals surface area contributed by atoms with Gasteiger partial charge in [0.05, 0.1) is 22.3 Å². The Kier molecular flexibility index (Phi) is 5.59. The van der Waals surface area contributed by atoms with E-state index in [2.05, 4.69) is 15.5 Å². The number of carbonyl (C=O) groups is 1. The summed E-state index contributed by atoms with van der Waals surface area (Å²) in [6.07, 6.45) is 0. The molecule has 0 atom stereocenters. The Bertz CT molecular complexity index is 698. The second kappa shape index (κ2) is 7.44. The number of carbonyl (C=O) groups excluding carboxylic acids is 1. The van der Waals surface area contributed by atoms with E-state index in [1.807, 2.05) is 0 Å². The fourth-order valence-corrected chi connectivity index (χ4v) is 2.55. The van der Waals surface area contributed by atoms with Crippen molar-refractivity contribution in [3.63, 3.8) is 0 Å². The number of thiazole rings is 1. The molecule has 0 bridgehead atoms. The molecule has 0 fully saturated rings. The minimum absolute atomic E-state index is 0.00853. The summed E-state index contributed by atoms with van der Waals surface area (Å²) in [5, 5.41) is 6.71. The van der Waals surface area contributed by atoms with Crippen LogP contribution in [-0.2, 0) is 9.53 Å². The number of anilines is 2. The number of nitrogens with one attached hydrogen (secondary N) is 1. The third-order valence-electron chi connectivity index (χ3n) is 2.48. The molecule has 2 aromatic rings. The smallest absolute Gasteiger partial charge is 0.361 e. The van der Waals surface area contributed by atoms with Crippen LogP contribution in [0.4, 0.5) is 10.8 Å². The van der Waals surface area contributed by atoms with Crippen molar-refractivity contribution in [1.82, 2.24) is 4.98 Å². The molecule has 1 aromatic carbocycles. The lowest BCUT2D eigenvalue weighted by Gasteiger charge is -2.08. The first-order chi connectivity index (χ1) is 10.5. The highest BCUT2D eigenvalue weighted by Gasteiger charge is 2.19.